The summed E-state index contributed by atoms with van der Waals surface area (Å²) in [6, 6.07) is 12.4. The Bertz CT molecular complexity index is 575. The van der Waals surface area contributed by atoms with Gasteiger partial charge in [0.05, 0.1) is 0 Å². The zero-order chi connectivity index (χ0) is 13.8. The smallest absolute Gasteiger partial charge is 0.123 e. The molecular formula is C17H21NO. The van der Waals surface area contributed by atoms with E-state index in [1.807, 2.05) is 18.2 Å². The van der Waals surface area contributed by atoms with Crippen molar-refractivity contribution >= 4 is 0 Å². The van der Waals surface area contributed by atoms with E-state index in [4.69, 9.17) is 10.5 Å². The number of nitrogens with two attached hydrogens (primary N) is 1. The SMILES string of the molecule is Cc1cc(C)c(C)c(OCc2ccccc2CN)c1. The molecule has 0 amide bonds. The van der Waals surface area contributed by atoms with Crippen LogP contribution in [0, 0.1) is 20.8 Å². The molecule has 0 aliphatic carbocycles. The number of hydrogen-bond acceptors (Lipinski definition) is 2. The molecule has 19 heavy (non-hydrogen) atoms. The van der Waals surface area contributed by atoms with Gasteiger partial charge in [-0.1, -0.05) is 30.3 Å². The fraction of sp³-hybridized carbons (Fsp3) is 0.294. The minimum atomic E-state index is 0.547. The number of aryl methyl sites for hydroxylation is 2. The first-order valence-electron chi connectivity index (χ1n) is 6.59. The topological polar surface area (TPSA) is 35.2 Å². The van der Waals surface area contributed by atoms with Gasteiger partial charge >= 0.3 is 0 Å². The molecule has 0 heterocycles. The Hall–Kier alpha value is -1.80. The van der Waals surface area contributed by atoms with Gasteiger partial charge in [-0.15, -0.1) is 0 Å². The monoisotopic (exact) mass is 255 g/mol. The molecule has 0 atom stereocenters. The van der Waals surface area contributed by atoms with Crippen LogP contribution in [0.2, 0.25) is 0 Å². The summed E-state index contributed by atoms with van der Waals surface area (Å²) in [5.74, 6) is 0.962. The van der Waals surface area contributed by atoms with Crippen LogP contribution in [-0.4, -0.2) is 0 Å². The van der Waals surface area contributed by atoms with E-state index in [1.54, 1.807) is 0 Å². The molecule has 2 nitrogen and oxygen atoms in total. The van der Waals surface area contributed by atoms with Gasteiger partial charge in [-0.25, -0.2) is 0 Å². The molecule has 0 spiro atoms. The van der Waals surface area contributed by atoms with Crippen LogP contribution in [0.5, 0.6) is 5.75 Å². The van der Waals surface area contributed by atoms with Crippen molar-refractivity contribution in [3.05, 3.63) is 64.2 Å². The predicted octanol–water partition coefficient (Wildman–Crippen LogP) is 3.65. The molecule has 0 saturated heterocycles. The highest BCUT2D eigenvalue weighted by Gasteiger charge is 2.06. The maximum Gasteiger partial charge on any atom is 0.123 e. The highest BCUT2D eigenvalue weighted by Crippen LogP contribution is 2.24. The minimum absolute atomic E-state index is 0.547. The summed E-state index contributed by atoms with van der Waals surface area (Å²) in [6.45, 7) is 7.41. The first kappa shape index (κ1) is 13.6. The lowest BCUT2D eigenvalue weighted by Gasteiger charge is -2.14. The van der Waals surface area contributed by atoms with Crippen LogP contribution >= 0.6 is 0 Å². The van der Waals surface area contributed by atoms with E-state index in [-0.39, 0.29) is 0 Å². The van der Waals surface area contributed by atoms with E-state index in [1.165, 1.54) is 16.7 Å². The second-order valence-electron chi connectivity index (χ2n) is 4.97. The van der Waals surface area contributed by atoms with Crippen molar-refractivity contribution in [1.82, 2.24) is 0 Å². The summed E-state index contributed by atoms with van der Waals surface area (Å²) in [7, 11) is 0. The van der Waals surface area contributed by atoms with Crippen LogP contribution in [0.15, 0.2) is 36.4 Å². The van der Waals surface area contributed by atoms with Gasteiger partial charge in [0.2, 0.25) is 0 Å². The Labute approximate surface area is 115 Å². The average molecular weight is 255 g/mol. The second-order valence-corrected chi connectivity index (χ2v) is 4.97. The van der Waals surface area contributed by atoms with Crippen LogP contribution in [0.25, 0.3) is 0 Å². The van der Waals surface area contributed by atoms with Crippen LogP contribution in [0.1, 0.15) is 27.8 Å². The summed E-state index contributed by atoms with van der Waals surface area (Å²) in [5, 5.41) is 0. The van der Waals surface area contributed by atoms with Crippen LogP contribution in [0.3, 0.4) is 0 Å². The van der Waals surface area contributed by atoms with Gasteiger partial charge in [0.1, 0.15) is 12.4 Å². The summed E-state index contributed by atoms with van der Waals surface area (Å²) in [4.78, 5) is 0. The lowest BCUT2D eigenvalue weighted by molar-refractivity contribution is 0.302. The molecule has 2 heteroatoms. The summed E-state index contributed by atoms with van der Waals surface area (Å²) in [6.07, 6.45) is 0. The van der Waals surface area contributed by atoms with Gasteiger partial charge in [-0.05, 0) is 54.7 Å². The van der Waals surface area contributed by atoms with E-state index in [0.717, 1.165) is 16.9 Å². The summed E-state index contributed by atoms with van der Waals surface area (Å²) >= 11 is 0. The van der Waals surface area contributed by atoms with Crippen LogP contribution in [-0.2, 0) is 13.2 Å². The lowest BCUT2D eigenvalue weighted by atomic mass is 10.1. The summed E-state index contributed by atoms with van der Waals surface area (Å²) < 4.78 is 5.97. The molecular weight excluding hydrogens is 234 g/mol. The van der Waals surface area contributed by atoms with Gasteiger partial charge < -0.3 is 10.5 Å². The number of benzene rings is 2. The van der Waals surface area contributed by atoms with Crippen molar-refractivity contribution in [3.8, 4) is 5.75 Å². The zero-order valence-electron chi connectivity index (χ0n) is 11.9. The number of rotatable bonds is 4. The maximum atomic E-state index is 5.97. The molecule has 2 aromatic rings. The molecule has 0 aliphatic heterocycles. The third-order valence-corrected chi connectivity index (χ3v) is 3.49. The minimum Gasteiger partial charge on any atom is -0.489 e. The third-order valence-electron chi connectivity index (χ3n) is 3.49. The molecule has 2 aromatic carbocycles. The highest BCUT2D eigenvalue weighted by molar-refractivity contribution is 5.42. The molecule has 0 radical (unpaired) electrons. The molecule has 100 valence electrons. The van der Waals surface area contributed by atoms with E-state index in [9.17, 15) is 0 Å². The molecule has 0 saturated carbocycles. The quantitative estimate of drug-likeness (QED) is 0.905. The fourth-order valence-corrected chi connectivity index (χ4v) is 2.20. The van der Waals surface area contributed by atoms with E-state index in [0.29, 0.717) is 13.2 Å². The van der Waals surface area contributed by atoms with E-state index in [2.05, 4.69) is 39.0 Å². The molecule has 0 unspecified atom stereocenters. The molecule has 0 bridgehead atoms. The van der Waals surface area contributed by atoms with Gasteiger partial charge in [0.25, 0.3) is 0 Å². The number of ether oxygens (including phenoxy) is 1. The van der Waals surface area contributed by atoms with Crippen molar-refractivity contribution in [3.63, 3.8) is 0 Å². The van der Waals surface area contributed by atoms with Gasteiger partial charge in [-0.3, -0.25) is 0 Å². The Morgan fingerprint density at radius 3 is 2.37 bits per heavy atom. The average Bonchev–Trinajstić information content (AvgIpc) is 2.41. The molecule has 2 N–H and O–H groups in total. The lowest BCUT2D eigenvalue weighted by Crippen LogP contribution is -2.05. The normalized spacial score (nSPS) is 10.5. The Morgan fingerprint density at radius 2 is 1.68 bits per heavy atom. The van der Waals surface area contributed by atoms with Gasteiger partial charge in [0.15, 0.2) is 0 Å². The summed E-state index contributed by atoms with van der Waals surface area (Å²) in [5.41, 5.74) is 11.7. The van der Waals surface area contributed by atoms with Crippen molar-refractivity contribution in [1.29, 1.82) is 0 Å². The molecule has 2 rings (SSSR count). The molecule has 0 fully saturated rings. The highest BCUT2D eigenvalue weighted by atomic mass is 16.5. The van der Waals surface area contributed by atoms with Crippen molar-refractivity contribution in [2.75, 3.05) is 0 Å². The van der Waals surface area contributed by atoms with Gasteiger partial charge in [-0.2, -0.15) is 0 Å². The van der Waals surface area contributed by atoms with E-state index < -0.39 is 0 Å². The van der Waals surface area contributed by atoms with Crippen molar-refractivity contribution in [2.45, 2.75) is 33.9 Å². The largest absolute Gasteiger partial charge is 0.489 e. The third kappa shape index (κ3) is 3.15. The van der Waals surface area contributed by atoms with Gasteiger partial charge in [0, 0.05) is 6.54 Å². The Balaban J connectivity index is 2.19. The first-order valence-corrected chi connectivity index (χ1v) is 6.59. The molecule has 0 aliphatic rings. The van der Waals surface area contributed by atoms with Crippen LogP contribution in [0.4, 0.5) is 0 Å². The predicted molar refractivity (Wildman–Crippen MR) is 79.3 cm³/mol. The second kappa shape index (κ2) is 5.89. The number of hydrogen-bond donors (Lipinski definition) is 1. The van der Waals surface area contributed by atoms with Crippen molar-refractivity contribution < 1.29 is 4.74 Å². The Morgan fingerprint density at radius 1 is 1.00 bits per heavy atom. The van der Waals surface area contributed by atoms with Crippen molar-refractivity contribution in [2.24, 2.45) is 5.73 Å². The molecule has 0 aromatic heterocycles. The van der Waals surface area contributed by atoms with E-state index >= 15 is 0 Å². The zero-order valence-corrected chi connectivity index (χ0v) is 11.9. The van der Waals surface area contributed by atoms with Crippen LogP contribution < -0.4 is 10.5 Å². The standard InChI is InChI=1S/C17H21NO/c1-12-8-13(2)14(3)17(9-12)19-11-16-7-5-4-6-15(16)10-18/h4-9H,10-11,18H2,1-3H3. The first-order chi connectivity index (χ1) is 9.11. The Kier molecular flexibility index (Phi) is 4.23. The maximum absolute atomic E-state index is 5.97. The fourth-order valence-electron chi connectivity index (χ4n) is 2.20.